The summed E-state index contributed by atoms with van der Waals surface area (Å²) in [5, 5.41) is 5.88. The summed E-state index contributed by atoms with van der Waals surface area (Å²) in [7, 11) is 4.11. The van der Waals surface area contributed by atoms with Gasteiger partial charge in [-0.3, -0.25) is 9.59 Å². The number of thioether (sulfide) groups is 1. The van der Waals surface area contributed by atoms with Gasteiger partial charge in [0.25, 0.3) is 0 Å². The molecule has 2 N–H and O–H groups in total. The maximum atomic E-state index is 11.7. The molecular weight excluding hydrogens is 382 g/mol. The zero-order valence-corrected chi connectivity index (χ0v) is 20.2. The molecule has 0 fully saturated rings. The molecule has 2 amide bonds. The van der Waals surface area contributed by atoms with E-state index in [9.17, 15) is 9.59 Å². The highest BCUT2D eigenvalue weighted by Crippen LogP contribution is 2.12. The number of amides is 2. The Morgan fingerprint density at radius 1 is 0.897 bits per heavy atom. The van der Waals surface area contributed by atoms with Gasteiger partial charge in [-0.05, 0) is 59.5 Å². The van der Waals surface area contributed by atoms with Crippen molar-refractivity contribution in [3.8, 4) is 0 Å². The van der Waals surface area contributed by atoms with Gasteiger partial charge in [-0.1, -0.05) is 44.9 Å². The predicted octanol–water partition coefficient (Wildman–Crippen LogP) is 4.42. The molecule has 0 aromatic carbocycles. The van der Waals surface area contributed by atoms with Gasteiger partial charge in [-0.25, -0.2) is 0 Å². The Morgan fingerprint density at radius 3 is 2.07 bits per heavy atom. The van der Waals surface area contributed by atoms with Gasteiger partial charge in [0.15, 0.2) is 0 Å². The highest BCUT2D eigenvalue weighted by Gasteiger charge is 2.03. The van der Waals surface area contributed by atoms with Crippen LogP contribution in [0.15, 0.2) is 0 Å². The maximum Gasteiger partial charge on any atom is 0.224 e. The number of nitrogens with one attached hydrogen (secondary N) is 2. The van der Waals surface area contributed by atoms with E-state index >= 15 is 0 Å². The van der Waals surface area contributed by atoms with Crippen LogP contribution in [0.3, 0.4) is 0 Å². The standard InChI is InChI=1S/C23H46N3O2S/c1-21(2)25-23(28)16-20-29-19-13-11-9-7-5-6-8-10-12-15-22(27)24-17-14-18-26(3)4/h16,21H,5-15,17-20H2,1-4H3,(H,24,27)(H,25,28). The number of unbranched alkanes of at least 4 members (excludes halogenated alkanes) is 8. The summed E-state index contributed by atoms with van der Waals surface area (Å²) < 4.78 is 0. The minimum atomic E-state index is 0.0492. The normalized spacial score (nSPS) is 11.2. The van der Waals surface area contributed by atoms with Crippen molar-refractivity contribution in [3.05, 3.63) is 6.42 Å². The molecule has 0 heterocycles. The zero-order valence-electron chi connectivity index (χ0n) is 19.4. The summed E-state index contributed by atoms with van der Waals surface area (Å²) in [4.78, 5) is 25.3. The first-order valence-corrected chi connectivity index (χ1v) is 12.7. The topological polar surface area (TPSA) is 61.4 Å². The molecule has 0 aliphatic carbocycles. The van der Waals surface area contributed by atoms with Crippen molar-refractivity contribution < 1.29 is 9.59 Å². The van der Waals surface area contributed by atoms with Gasteiger partial charge < -0.3 is 15.5 Å². The van der Waals surface area contributed by atoms with Gasteiger partial charge in [-0.15, -0.1) is 0 Å². The van der Waals surface area contributed by atoms with Crippen LogP contribution in [0, 0.1) is 6.42 Å². The average Bonchev–Trinajstić information content (AvgIpc) is 2.64. The van der Waals surface area contributed by atoms with Crippen LogP contribution < -0.4 is 10.6 Å². The van der Waals surface area contributed by atoms with Crippen molar-refractivity contribution in [3.63, 3.8) is 0 Å². The number of hydrogen-bond acceptors (Lipinski definition) is 4. The van der Waals surface area contributed by atoms with Gasteiger partial charge in [0, 0.05) is 24.8 Å². The summed E-state index contributed by atoms with van der Waals surface area (Å²) >= 11 is 1.84. The van der Waals surface area contributed by atoms with E-state index in [-0.39, 0.29) is 17.9 Å². The van der Waals surface area contributed by atoms with Crippen molar-refractivity contribution >= 4 is 23.6 Å². The second-order valence-corrected chi connectivity index (χ2v) is 9.53. The van der Waals surface area contributed by atoms with Crippen LogP contribution in [0.1, 0.15) is 84.5 Å². The number of hydrogen-bond donors (Lipinski definition) is 2. The first kappa shape index (κ1) is 28.2. The monoisotopic (exact) mass is 428 g/mol. The van der Waals surface area contributed by atoms with Gasteiger partial charge >= 0.3 is 0 Å². The Morgan fingerprint density at radius 2 is 1.48 bits per heavy atom. The van der Waals surface area contributed by atoms with E-state index in [1.54, 1.807) is 6.42 Å². The van der Waals surface area contributed by atoms with E-state index in [1.165, 1.54) is 51.4 Å². The Kier molecular flexibility index (Phi) is 20.0. The third-order valence-electron chi connectivity index (χ3n) is 4.61. The minimum absolute atomic E-state index is 0.0492. The summed E-state index contributed by atoms with van der Waals surface area (Å²) in [6.07, 6.45) is 14.7. The van der Waals surface area contributed by atoms with E-state index in [1.807, 2.05) is 25.6 Å². The molecule has 0 saturated heterocycles. The van der Waals surface area contributed by atoms with Crippen LogP contribution in [0.5, 0.6) is 0 Å². The molecule has 0 aliphatic rings. The van der Waals surface area contributed by atoms with E-state index in [0.717, 1.165) is 37.4 Å². The third-order valence-corrected chi connectivity index (χ3v) is 5.59. The molecular formula is C23H46N3O2S. The van der Waals surface area contributed by atoms with Crippen LogP contribution in [-0.4, -0.2) is 61.4 Å². The van der Waals surface area contributed by atoms with Crippen molar-refractivity contribution in [2.45, 2.75) is 90.5 Å². The van der Waals surface area contributed by atoms with Crippen LogP contribution in [0.25, 0.3) is 0 Å². The highest BCUT2D eigenvalue weighted by molar-refractivity contribution is 7.99. The van der Waals surface area contributed by atoms with Crippen LogP contribution in [0.2, 0.25) is 0 Å². The molecule has 0 unspecified atom stereocenters. The average molecular weight is 429 g/mol. The molecule has 5 nitrogen and oxygen atoms in total. The van der Waals surface area contributed by atoms with E-state index in [0.29, 0.717) is 6.42 Å². The lowest BCUT2D eigenvalue weighted by Crippen LogP contribution is -2.30. The molecule has 0 saturated carbocycles. The largest absolute Gasteiger partial charge is 0.356 e. The van der Waals surface area contributed by atoms with Crippen molar-refractivity contribution in [2.75, 3.05) is 38.7 Å². The summed E-state index contributed by atoms with van der Waals surface area (Å²) in [6, 6.07) is 0.214. The van der Waals surface area contributed by atoms with Crippen LogP contribution in [-0.2, 0) is 9.59 Å². The molecule has 29 heavy (non-hydrogen) atoms. The Labute approximate surface area is 184 Å². The number of carbonyl (C=O) groups is 2. The fourth-order valence-corrected chi connectivity index (χ4v) is 3.84. The first-order valence-electron chi connectivity index (χ1n) is 11.5. The summed E-state index contributed by atoms with van der Waals surface area (Å²) in [5.41, 5.74) is 0. The number of rotatable bonds is 20. The van der Waals surface area contributed by atoms with Gasteiger partial charge in [0.2, 0.25) is 11.8 Å². The number of carbonyl (C=O) groups excluding carboxylic acids is 2. The highest BCUT2D eigenvalue weighted by atomic mass is 32.2. The molecule has 0 aliphatic heterocycles. The van der Waals surface area contributed by atoms with Crippen molar-refractivity contribution in [1.82, 2.24) is 15.5 Å². The first-order chi connectivity index (χ1) is 13.9. The Hall–Kier alpha value is -0.750. The lowest BCUT2D eigenvalue weighted by molar-refractivity contribution is -0.121. The van der Waals surface area contributed by atoms with E-state index in [2.05, 4.69) is 29.6 Å². The molecule has 0 aromatic heterocycles. The van der Waals surface area contributed by atoms with E-state index in [4.69, 9.17) is 0 Å². The summed E-state index contributed by atoms with van der Waals surface area (Å²) in [6.45, 7) is 5.77. The molecule has 0 atom stereocenters. The van der Waals surface area contributed by atoms with Crippen molar-refractivity contribution in [2.24, 2.45) is 0 Å². The van der Waals surface area contributed by atoms with Gasteiger partial charge in [0.05, 0.1) is 6.42 Å². The quantitative estimate of drug-likeness (QED) is 0.282. The Balaban J connectivity index is 3.20. The predicted molar refractivity (Wildman–Crippen MR) is 127 cm³/mol. The molecule has 0 bridgehead atoms. The lowest BCUT2D eigenvalue weighted by atomic mass is 10.1. The smallest absolute Gasteiger partial charge is 0.224 e. The second kappa shape index (κ2) is 20.5. The fraction of sp³-hybridized carbons (Fsp3) is 0.870. The molecule has 6 heteroatoms. The van der Waals surface area contributed by atoms with Gasteiger partial charge in [-0.2, -0.15) is 11.8 Å². The van der Waals surface area contributed by atoms with Crippen LogP contribution >= 0.6 is 11.8 Å². The summed E-state index contributed by atoms with van der Waals surface area (Å²) in [5.74, 6) is 2.21. The van der Waals surface area contributed by atoms with Crippen molar-refractivity contribution in [1.29, 1.82) is 0 Å². The molecule has 1 radical (unpaired) electrons. The molecule has 0 aromatic rings. The Bertz CT molecular complexity index is 404. The fourth-order valence-electron chi connectivity index (χ4n) is 3.00. The zero-order chi connectivity index (χ0) is 21.7. The van der Waals surface area contributed by atoms with E-state index < -0.39 is 0 Å². The molecule has 0 spiro atoms. The lowest BCUT2D eigenvalue weighted by Gasteiger charge is -2.09. The number of nitrogens with zero attached hydrogens (tertiary/aromatic N) is 1. The van der Waals surface area contributed by atoms with Gasteiger partial charge in [0.1, 0.15) is 0 Å². The minimum Gasteiger partial charge on any atom is -0.356 e. The van der Waals surface area contributed by atoms with Crippen LogP contribution in [0.4, 0.5) is 0 Å². The molecule has 171 valence electrons. The third kappa shape index (κ3) is 23.4. The SMILES string of the molecule is CC(C)NC(=O)[CH]CSCCCCCCCCCCCC(=O)NCCCN(C)C. The second-order valence-electron chi connectivity index (χ2n) is 8.38. The molecule has 0 rings (SSSR count). The maximum absolute atomic E-state index is 11.7.